The number of carbonyl (C=O) groups excluding carboxylic acids is 3. The van der Waals surface area contributed by atoms with Crippen molar-refractivity contribution in [1.29, 1.82) is 0 Å². The Bertz CT molecular complexity index is 1270. The summed E-state index contributed by atoms with van der Waals surface area (Å²) in [6.45, 7) is 9.21. The molecule has 0 aromatic heterocycles. The van der Waals surface area contributed by atoms with Crippen LogP contribution in [0, 0.1) is 23.7 Å². The summed E-state index contributed by atoms with van der Waals surface area (Å²) in [5, 5.41) is 6.41. The van der Waals surface area contributed by atoms with Gasteiger partial charge in [-0.25, -0.2) is 0 Å². The van der Waals surface area contributed by atoms with Crippen molar-refractivity contribution in [2.24, 2.45) is 23.7 Å². The van der Waals surface area contributed by atoms with E-state index in [1.165, 1.54) is 30.4 Å². The molecule has 6 rings (SSSR count). The van der Waals surface area contributed by atoms with Crippen molar-refractivity contribution >= 4 is 23.4 Å². The monoisotopic (exact) mass is 573 g/mol. The summed E-state index contributed by atoms with van der Waals surface area (Å²) in [7, 11) is 0. The first kappa shape index (κ1) is 29.2. The number of hydrogen-bond acceptors (Lipinski definition) is 4. The van der Waals surface area contributed by atoms with Crippen LogP contribution in [-0.2, 0) is 19.1 Å². The van der Waals surface area contributed by atoms with E-state index in [-0.39, 0.29) is 23.8 Å². The van der Waals surface area contributed by atoms with Crippen molar-refractivity contribution < 1.29 is 19.1 Å². The minimum absolute atomic E-state index is 0.0743. The Balaban J connectivity index is 1.27. The lowest BCUT2D eigenvalue weighted by Crippen LogP contribution is -2.58. The topological polar surface area (TPSA) is 87.7 Å². The van der Waals surface area contributed by atoms with Crippen LogP contribution in [0.5, 0.6) is 0 Å². The zero-order valence-corrected chi connectivity index (χ0v) is 25.6. The summed E-state index contributed by atoms with van der Waals surface area (Å²) >= 11 is 0. The van der Waals surface area contributed by atoms with Crippen molar-refractivity contribution in [1.82, 2.24) is 10.2 Å². The number of fused-ring (bicyclic) bond motifs is 1. The Morgan fingerprint density at radius 1 is 1.07 bits per heavy atom. The molecular formula is C35H47N3O4. The maximum Gasteiger partial charge on any atom is 0.246 e. The van der Waals surface area contributed by atoms with E-state index in [0.717, 1.165) is 32.1 Å². The zero-order chi connectivity index (χ0) is 29.6. The van der Waals surface area contributed by atoms with E-state index in [9.17, 15) is 14.4 Å². The minimum Gasteiger partial charge on any atom is -0.359 e. The Morgan fingerprint density at radius 3 is 2.57 bits per heavy atom. The third-order valence-electron chi connectivity index (χ3n) is 10.9. The fourth-order valence-electron chi connectivity index (χ4n) is 8.13. The molecule has 1 aromatic rings. The molecule has 3 amide bonds. The second-order valence-corrected chi connectivity index (χ2v) is 13.7. The van der Waals surface area contributed by atoms with Gasteiger partial charge < -0.3 is 20.3 Å². The first-order valence-corrected chi connectivity index (χ1v) is 16.3. The van der Waals surface area contributed by atoms with Gasteiger partial charge in [0.05, 0.1) is 17.9 Å². The zero-order valence-electron chi connectivity index (χ0n) is 25.6. The summed E-state index contributed by atoms with van der Waals surface area (Å²) in [5.41, 5.74) is 2.13. The second kappa shape index (κ2) is 11.6. The summed E-state index contributed by atoms with van der Waals surface area (Å²) in [4.78, 5) is 44.0. The van der Waals surface area contributed by atoms with Crippen LogP contribution in [0.3, 0.4) is 0 Å². The quantitative estimate of drug-likeness (QED) is 0.389. The van der Waals surface area contributed by atoms with Crippen LogP contribution < -0.4 is 10.6 Å². The number of nitrogens with zero attached hydrogens (tertiary/aromatic N) is 1. The van der Waals surface area contributed by atoms with Crippen LogP contribution in [0.25, 0.3) is 0 Å². The van der Waals surface area contributed by atoms with Gasteiger partial charge in [-0.1, -0.05) is 76.5 Å². The molecule has 3 heterocycles. The lowest BCUT2D eigenvalue weighted by atomic mass is 9.73. The molecule has 7 nitrogen and oxygen atoms in total. The third kappa shape index (κ3) is 5.12. The predicted octanol–water partition coefficient (Wildman–Crippen LogP) is 5.73. The van der Waals surface area contributed by atoms with E-state index in [2.05, 4.69) is 44.4 Å². The lowest BCUT2D eigenvalue weighted by molar-refractivity contribution is -0.141. The summed E-state index contributed by atoms with van der Waals surface area (Å²) in [6.07, 6.45) is 14.0. The Labute approximate surface area is 250 Å². The molecular weight excluding hydrogens is 526 g/mol. The summed E-state index contributed by atoms with van der Waals surface area (Å²) < 4.78 is 6.56. The lowest BCUT2D eigenvalue weighted by Gasteiger charge is -2.38. The fraction of sp³-hybridized carbons (Fsp3) is 0.629. The van der Waals surface area contributed by atoms with Gasteiger partial charge in [0.25, 0.3) is 0 Å². The highest BCUT2D eigenvalue weighted by atomic mass is 16.5. The van der Waals surface area contributed by atoms with E-state index in [4.69, 9.17) is 4.74 Å². The van der Waals surface area contributed by atoms with Crippen molar-refractivity contribution in [3.63, 3.8) is 0 Å². The number of rotatable bonds is 8. The van der Waals surface area contributed by atoms with Crippen LogP contribution in [-0.4, -0.2) is 53.0 Å². The number of likely N-dealkylation sites (tertiary alicyclic amines) is 1. The molecule has 226 valence electrons. The molecule has 7 heteroatoms. The molecule has 5 aliphatic rings. The maximum atomic E-state index is 14.3. The average Bonchev–Trinajstić information content (AvgIpc) is 3.62. The van der Waals surface area contributed by atoms with Gasteiger partial charge in [-0.05, 0) is 74.0 Å². The number of amides is 3. The molecule has 8 atom stereocenters. The van der Waals surface area contributed by atoms with Gasteiger partial charge in [0.1, 0.15) is 11.6 Å². The van der Waals surface area contributed by atoms with Crippen LogP contribution in [0.4, 0.5) is 5.69 Å². The SMILES string of the molecule is CC(C)c1ccc(NC(=O)[C@H]2[C@H]3C=C[C@@]4(O3)[C@H]2C(=O)N(CCC2=CCCCC2)[C@@H]4C(=O)N[C@@H]2CCC[C@@H](C)[C@@H]2C)cc1. The van der Waals surface area contributed by atoms with Crippen molar-refractivity contribution in [3.8, 4) is 0 Å². The molecule has 3 aliphatic heterocycles. The Kier molecular flexibility index (Phi) is 8.07. The van der Waals surface area contributed by atoms with Gasteiger partial charge in [-0.15, -0.1) is 0 Å². The first-order chi connectivity index (χ1) is 20.2. The molecule has 42 heavy (non-hydrogen) atoms. The van der Waals surface area contributed by atoms with E-state index in [1.54, 1.807) is 4.90 Å². The van der Waals surface area contributed by atoms with Gasteiger partial charge >= 0.3 is 0 Å². The average molecular weight is 574 g/mol. The van der Waals surface area contributed by atoms with Gasteiger partial charge in [0.15, 0.2) is 0 Å². The third-order valence-corrected chi connectivity index (χ3v) is 10.9. The van der Waals surface area contributed by atoms with Gasteiger partial charge in [0.2, 0.25) is 17.7 Å². The fourth-order valence-corrected chi connectivity index (χ4v) is 8.13. The molecule has 2 saturated heterocycles. The normalized spacial score (nSPS) is 35.4. The van der Waals surface area contributed by atoms with Crippen LogP contribution in [0.1, 0.15) is 90.5 Å². The largest absolute Gasteiger partial charge is 0.359 e. The molecule has 0 unspecified atom stereocenters. The van der Waals surface area contributed by atoms with E-state index in [1.807, 2.05) is 36.4 Å². The smallest absolute Gasteiger partial charge is 0.246 e. The van der Waals surface area contributed by atoms with E-state index in [0.29, 0.717) is 30.0 Å². The molecule has 2 aliphatic carbocycles. The van der Waals surface area contributed by atoms with Crippen molar-refractivity contribution in [2.75, 3.05) is 11.9 Å². The summed E-state index contributed by atoms with van der Waals surface area (Å²) in [6, 6.07) is 7.16. The molecule has 1 saturated carbocycles. The van der Waals surface area contributed by atoms with E-state index >= 15 is 0 Å². The molecule has 3 fully saturated rings. The number of anilines is 1. The van der Waals surface area contributed by atoms with Gasteiger partial charge in [-0.3, -0.25) is 14.4 Å². The Hall–Kier alpha value is -2.93. The number of benzene rings is 1. The number of nitrogens with one attached hydrogen (secondary N) is 2. The molecule has 2 N–H and O–H groups in total. The second-order valence-electron chi connectivity index (χ2n) is 13.7. The first-order valence-electron chi connectivity index (χ1n) is 16.3. The highest BCUT2D eigenvalue weighted by Crippen LogP contribution is 2.55. The van der Waals surface area contributed by atoms with Gasteiger partial charge in [-0.2, -0.15) is 0 Å². The van der Waals surface area contributed by atoms with E-state index < -0.39 is 29.6 Å². The van der Waals surface area contributed by atoms with Crippen molar-refractivity contribution in [3.05, 3.63) is 53.6 Å². The van der Waals surface area contributed by atoms with Gasteiger partial charge in [0, 0.05) is 18.3 Å². The van der Waals surface area contributed by atoms with Crippen molar-refractivity contribution in [2.45, 2.75) is 109 Å². The molecule has 0 radical (unpaired) electrons. The molecule has 1 spiro atoms. The highest BCUT2D eigenvalue weighted by molar-refractivity contribution is 6.02. The number of carbonyl (C=O) groups is 3. The molecule has 2 bridgehead atoms. The maximum absolute atomic E-state index is 14.3. The Morgan fingerprint density at radius 2 is 1.86 bits per heavy atom. The van der Waals surface area contributed by atoms with Crippen LogP contribution >= 0.6 is 0 Å². The van der Waals surface area contributed by atoms with Crippen LogP contribution in [0.2, 0.25) is 0 Å². The molecule has 1 aromatic carbocycles. The number of hydrogen-bond donors (Lipinski definition) is 2. The summed E-state index contributed by atoms with van der Waals surface area (Å²) in [5.74, 6) is -0.623. The number of ether oxygens (including phenoxy) is 1. The standard InChI is InChI=1S/C35H47N3O4/c1-21(2)25-13-15-26(16-14-25)36-32(39)29-28-17-19-35(42-28)30(29)34(41)38(20-18-24-10-6-5-7-11-24)31(35)33(40)37-27-12-8-9-22(3)23(27)4/h10,13-17,19,21-23,27-31H,5-9,11-12,18,20H2,1-4H3,(H,36,39)(H,37,40)/t22-,23+,27-,28-,29+,30-,31-,35-/m1/s1. The minimum atomic E-state index is -1.13. The van der Waals surface area contributed by atoms with Crippen LogP contribution in [0.15, 0.2) is 48.1 Å². The number of allylic oxidation sites excluding steroid dienone is 1. The predicted molar refractivity (Wildman–Crippen MR) is 164 cm³/mol. The highest BCUT2D eigenvalue weighted by Gasteiger charge is 2.72.